The molecule has 1 atom stereocenters. The lowest BCUT2D eigenvalue weighted by Crippen LogP contribution is -2.38. The molecule has 0 radical (unpaired) electrons. The molecule has 3 rings (SSSR count). The lowest BCUT2D eigenvalue weighted by molar-refractivity contribution is -0.117. The summed E-state index contributed by atoms with van der Waals surface area (Å²) in [5.74, 6) is -0.199. The average Bonchev–Trinajstić information content (AvgIpc) is 2.83. The number of hydrogen-bond acceptors (Lipinski definition) is 5. The number of nitrogens with one attached hydrogen (secondary N) is 2. The Morgan fingerprint density at radius 2 is 1.94 bits per heavy atom. The molecule has 2 aromatic rings. The minimum absolute atomic E-state index is 0.191. The number of nitrogens with two attached hydrogens (primary N) is 1. The van der Waals surface area contributed by atoms with Gasteiger partial charge < -0.3 is 26.4 Å². The van der Waals surface area contributed by atoms with Gasteiger partial charge in [-0.05, 0) is 29.2 Å². The molecule has 0 fully saturated rings. The van der Waals surface area contributed by atoms with Crippen LogP contribution in [0.4, 0.5) is 0 Å². The van der Waals surface area contributed by atoms with Gasteiger partial charge in [0.05, 0.1) is 11.8 Å². The van der Waals surface area contributed by atoms with Gasteiger partial charge in [0.2, 0.25) is 0 Å². The average molecular weight is 433 g/mol. The summed E-state index contributed by atoms with van der Waals surface area (Å²) in [5, 5.41) is 16.2. The largest absolute Gasteiger partial charge is 0.397 e. The van der Waals surface area contributed by atoms with E-state index in [2.05, 4.69) is 35.8 Å². The van der Waals surface area contributed by atoms with Crippen LogP contribution in [0.25, 0.3) is 5.70 Å². The molecule has 5 N–H and O–H groups in total. The van der Waals surface area contributed by atoms with Crippen LogP contribution in [-0.2, 0) is 17.8 Å². The first-order valence-electron chi connectivity index (χ1n) is 11.0. The van der Waals surface area contributed by atoms with E-state index in [4.69, 9.17) is 5.73 Å². The number of amides is 1. The Balaban J connectivity index is 1.39. The van der Waals surface area contributed by atoms with Crippen molar-refractivity contribution in [1.82, 2.24) is 15.5 Å². The molecule has 6 heteroatoms. The van der Waals surface area contributed by atoms with Crippen molar-refractivity contribution < 1.29 is 9.90 Å². The number of rotatable bonds is 10. The van der Waals surface area contributed by atoms with Crippen molar-refractivity contribution in [2.24, 2.45) is 5.73 Å². The SMILES string of the molecule is CCc1cccc(CNCC(O)CNC(=O)C2=CCN(/C=C(\N)c3ccccc3)C=C2)c1. The van der Waals surface area contributed by atoms with Gasteiger partial charge in [-0.25, -0.2) is 0 Å². The van der Waals surface area contributed by atoms with Crippen LogP contribution >= 0.6 is 0 Å². The van der Waals surface area contributed by atoms with E-state index in [9.17, 15) is 9.90 Å². The van der Waals surface area contributed by atoms with Gasteiger partial charge in [0, 0.05) is 44.2 Å². The number of aliphatic hydroxyl groups is 1. The highest BCUT2D eigenvalue weighted by Gasteiger charge is 2.13. The third-order valence-electron chi connectivity index (χ3n) is 5.25. The molecule has 1 amide bonds. The number of carbonyl (C=O) groups is 1. The molecule has 0 aromatic heterocycles. The van der Waals surface area contributed by atoms with E-state index in [1.807, 2.05) is 59.8 Å². The summed E-state index contributed by atoms with van der Waals surface area (Å²) in [6.45, 7) is 3.96. The molecule has 0 spiro atoms. The lowest BCUT2D eigenvalue weighted by atomic mass is 10.1. The number of hydrogen-bond donors (Lipinski definition) is 4. The summed E-state index contributed by atoms with van der Waals surface area (Å²) < 4.78 is 0. The smallest absolute Gasteiger partial charge is 0.251 e. The van der Waals surface area contributed by atoms with Crippen LogP contribution in [0.15, 0.2) is 84.7 Å². The molecular formula is C26H32N4O2. The van der Waals surface area contributed by atoms with Crippen LogP contribution in [-0.4, -0.2) is 41.7 Å². The van der Waals surface area contributed by atoms with E-state index in [0.29, 0.717) is 30.9 Å². The van der Waals surface area contributed by atoms with E-state index in [1.54, 1.807) is 6.08 Å². The second kappa shape index (κ2) is 11.9. The van der Waals surface area contributed by atoms with Gasteiger partial charge in [-0.3, -0.25) is 4.79 Å². The van der Waals surface area contributed by atoms with Crippen LogP contribution in [0.5, 0.6) is 0 Å². The zero-order chi connectivity index (χ0) is 22.8. The fourth-order valence-corrected chi connectivity index (χ4v) is 3.38. The second-order valence-corrected chi connectivity index (χ2v) is 7.79. The van der Waals surface area contributed by atoms with Crippen LogP contribution in [0.2, 0.25) is 0 Å². The van der Waals surface area contributed by atoms with Gasteiger partial charge in [-0.15, -0.1) is 0 Å². The van der Waals surface area contributed by atoms with Crippen molar-refractivity contribution in [3.8, 4) is 0 Å². The molecule has 0 saturated carbocycles. The summed E-state index contributed by atoms with van der Waals surface area (Å²) in [6.07, 6.45) is 7.61. The van der Waals surface area contributed by atoms with Crippen LogP contribution < -0.4 is 16.4 Å². The van der Waals surface area contributed by atoms with Crippen molar-refractivity contribution in [3.05, 3.63) is 101 Å². The summed E-state index contributed by atoms with van der Waals surface area (Å²) in [7, 11) is 0. The lowest BCUT2D eigenvalue weighted by Gasteiger charge is -2.20. The molecule has 1 heterocycles. The highest BCUT2D eigenvalue weighted by molar-refractivity contribution is 5.96. The van der Waals surface area contributed by atoms with E-state index in [0.717, 1.165) is 12.0 Å². The number of carbonyl (C=O) groups excluding carboxylic acids is 1. The Morgan fingerprint density at radius 3 is 2.66 bits per heavy atom. The van der Waals surface area contributed by atoms with Crippen molar-refractivity contribution in [3.63, 3.8) is 0 Å². The molecule has 1 unspecified atom stereocenters. The first-order valence-corrected chi connectivity index (χ1v) is 11.0. The van der Waals surface area contributed by atoms with Gasteiger partial charge in [-0.1, -0.05) is 67.6 Å². The minimum atomic E-state index is -0.661. The van der Waals surface area contributed by atoms with Crippen molar-refractivity contribution in [2.45, 2.75) is 26.0 Å². The zero-order valence-electron chi connectivity index (χ0n) is 18.5. The summed E-state index contributed by atoms with van der Waals surface area (Å²) in [5.41, 5.74) is 10.8. The van der Waals surface area contributed by atoms with Crippen molar-refractivity contribution >= 4 is 11.6 Å². The summed E-state index contributed by atoms with van der Waals surface area (Å²) in [4.78, 5) is 14.3. The molecular weight excluding hydrogens is 400 g/mol. The first kappa shape index (κ1) is 23.3. The van der Waals surface area contributed by atoms with Gasteiger partial charge in [0.15, 0.2) is 0 Å². The minimum Gasteiger partial charge on any atom is -0.397 e. The van der Waals surface area contributed by atoms with Crippen molar-refractivity contribution in [2.75, 3.05) is 19.6 Å². The molecule has 2 aromatic carbocycles. The monoisotopic (exact) mass is 432 g/mol. The molecule has 0 aliphatic carbocycles. The highest BCUT2D eigenvalue weighted by Crippen LogP contribution is 2.13. The maximum absolute atomic E-state index is 12.4. The molecule has 6 nitrogen and oxygen atoms in total. The third kappa shape index (κ3) is 7.11. The second-order valence-electron chi connectivity index (χ2n) is 7.79. The standard InChI is InChI=1S/C26H32N4O2/c1-2-20-7-6-8-21(15-20)16-28-17-24(31)18-29-26(32)23-11-13-30(14-12-23)19-25(27)22-9-4-3-5-10-22/h3-13,15,19,24,28,31H,2,14,16-18,27H2,1H3,(H,29,32)/b25-19-. The Labute approximate surface area is 190 Å². The van der Waals surface area contributed by atoms with Crippen LogP contribution in [0, 0.1) is 0 Å². The van der Waals surface area contributed by atoms with Crippen LogP contribution in [0.3, 0.4) is 0 Å². The number of aryl methyl sites for hydroxylation is 1. The quantitative estimate of drug-likeness (QED) is 0.463. The predicted molar refractivity (Wildman–Crippen MR) is 129 cm³/mol. The maximum atomic E-state index is 12.4. The Kier molecular flexibility index (Phi) is 8.66. The fourth-order valence-electron chi connectivity index (χ4n) is 3.38. The van der Waals surface area contributed by atoms with E-state index in [-0.39, 0.29) is 12.5 Å². The Hall–Kier alpha value is -3.35. The van der Waals surface area contributed by atoms with Gasteiger partial charge in [-0.2, -0.15) is 0 Å². The van der Waals surface area contributed by atoms with E-state index < -0.39 is 6.10 Å². The molecule has 1 aliphatic heterocycles. The predicted octanol–water partition coefficient (Wildman–Crippen LogP) is 2.53. The van der Waals surface area contributed by atoms with E-state index >= 15 is 0 Å². The summed E-state index contributed by atoms with van der Waals surface area (Å²) in [6, 6.07) is 18.1. The highest BCUT2D eigenvalue weighted by atomic mass is 16.3. The molecule has 168 valence electrons. The van der Waals surface area contributed by atoms with E-state index in [1.165, 1.54) is 11.1 Å². The normalized spacial score (nSPS) is 14.8. The first-order chi connectivity index (χ1) is 15.5. The number of aliphatic hydroxyl groups excluding tert-OH is 1. The maximum Gasteiger partial charge on any atom is 0.251 e. The summed E-state index contributed by atoms with van der Waals surface area (Å²) >= 11 is 0. The van der Waals surface area contributed by atoms with Crippen LogP contribution in [0.1, 0.15) is 23.6 Å². The fraction of sp³-hybridized carbons (Fsp3) is 0.269. The Morgan fingerprint density at radius 1 is 1.16 bits per heavy atom. The molecule has 1 aliphatic rings. The van der Waals surface area contributed by atoms with Gasteiger partial charge in [0.25, 0.3) is 5.91 Å². The number of nitrogens with zero attached hydrogens (tertiary/aromatic N) is 1. The topological polar surface area (TPSA) is 90.6 Å². The van der Waals surface area contributed by atoms with Gasteiger partial charge in [0.1, 0.15) is 0 Å². The zero-order valence-corrected chi connectivity index (χ0v) is 18.5. The third-order valence-corrected chi connectivity index (χ3v) is 5.25. The molecule has 0 bridgehead atoms. The van der Waals surface area contributed by atoms with Gasteiger partial charge >= 0.3 is 0 Å². The Bertz CT molecular complexity index is 982. The van der Waals surface area contributed by atoms with Crippen molar-refractivity contribution in [1.29, 1.82) is 0 Å². The molecule has 0 saturated heterocycles. The molecule has 32 heavy (non-hydrogen) atoms. The number of benzene rings is 2.